The lowest BCUT2D eigenvalue weighted by Crippen LogP contribution is -2.59. The maximum Gasteiger partial charge on any atom is 0.0541 e. The molecule has 2 nitrogen and oxygen atoms in total. The topological polar surface area (TPSA) is 8.17 Å². The van der Waals surface area contributed by atoms with Crippen LogP contribution in [-0.4, -0.2) is 4.57 Å². The van der Waals surface area contributed by atoms with Gasteiger partial charge in [0.05, 0.1) is 16.7 Å². The molecule has 2 heteroatoms. The summed E-state index contributed by atoms with van der Waals surface area (Å²) in [4.78, 5) is 2.47. The molecule has 60 heavy (non-hydrogen) atoms. The molecular formula is C58H46N2. The minimum Gasteiger partial charge on any atom is -0.310 e. The highest BCUT2D eigenvalue weighted by Crippen LogP contribution is 2.84. The minimum absolute atomic E-state index is 0.361. The monoisotopic (exact) mass is 770 g/mol. The summed E-state index contributed by atoms with van der Waals surface area (Å²) in [6.07, 6.45) is 7.20. The van der Waals surface area contributed by atoms with Crippen LogP contribution in [0.3, 0.4) is 0 Å². The van der Waals surface area contributed by atoms with E-state index in [1.807, 2.05) is 0 Å². The fourth-order valence-electron chi connectivity index (χ4n) is 13.0. The molecule has 1 spiro atoms. The van der Waals surface area contributed by atoms with Crippen molar-refractivity contribution in [1.29, 1.82) is 0 Å². The molecule has 13 rings (SSSR count). The number of hydrogen-bond donors (Lipinski definition) is 0. The molecule has 0 radical (unpaired) electrons. The Hall–Kier alpha value is -6.64. The standard InChI is InChI=1S/C58H46N2/c1-2-11-39(12-3-1)41-25-29-48(30-26-41)59(50-14-10-13-44(35-50)57-36-46-33-45-34-47(37-57)58(45,46)38-57)49-31-27-42(28-32-49)40-21-23-43(24-22-40)51-15-4-7-18-54(51)60-55-19-8-5-16-52(55)53-17-6-9-20-56(53)60/h1-32,35,45-47H,33-34,36-38H2/t45?,46-,47-,57?,58?/m0/s1. The number of hydrogen-bond acceptors (Lipinski definition) is 1. The molecule has 4 saturated carbocycles. The summed E-state index contributed by atoms with van der Waals surface area (Å²) in [6, 6.07) is 74.2. The van der Waals surface area contributed by atoms with Gasteiger partial charge in [-0.3, -0.25) is 0 Å². The fourth-order valence-corrected chi connectivity index (χ4v) is 13.0. The molecule has 1 aromatic heterocycles. The van der Waals surface area contributed by atoms with Crippen molar-refractivity contribution in [3.05, 3.63) is 206 Å². The van der Waals surface area contributed by atoms with E-state index in [0.29, 0.717) is 10.8 Å². The Morgan fingerprint density at radius 3 is 1.53 bits per heavy atom. The van der Waals surface area contributed by atoms with Crippen molar-refractivity contribution >= 4 is 38.9 Å². The third-order valence-electron chi connectivity index (χ3n) is 15.7. The second-order valence-corrected chi connectivity index (χ2v) is 18.3. The molecule has 288 valence electrons. The van der Waals surface area contributed by atoms with Crippen LogP contribution in [0.2, 0.25) is 0 Å². The first-order chi connectivity index (χ1) is 29.6. The van der Waals surface area contributed by atoms with Crippen molar-refractivity contribution in [2.75, 3.05) is 4.90 Å². The molecule has 4 aliphatic rings. The Morgan fingerprint density at radius 1 is 0.417 bits per heavy atom. The second-order valence-electron chi connectivity index (χ2n) is 18.3. The van der Waals surface area contributed by atoms with E-state index in [0.717, 1.165) is 17.8 Å². The highest BCUT2D eigenvalue weighted by atomic mass is 15.1. The van der Waals surface area contributed by atoms with E-state index in [-0.39, 0.29) is 0 Å². The lowest BCUT2D eigenvalue weighted by molar-refractivity contribution is -0.175. The van der Waals surface area contributed by atoms with Crippen LogP contribution in [0.25, 0.3) is 60.9 Å². The average molecular weight is 771 g/mol. The van der Waals surface area contributed by atoms with Gasteiger partial charge in [0.1, 0.15) is 0 Å². The molecule has 0 amide bonds. The Balaban J connectivity index is 0.844. The largest absolute Gasteiger partial charge is 0.310 e. The van der Waals surface area contributed by atoms with Gasteiger partial charge in [0.2, 0.25) is 0 Å². The lowest BCUT2D eigenvalue weighted by atomic mass is 9.38. The normalized spacial score (nSPS) is 23.3. The Morgan fingerprint density at radius 2 is 0.933 bits per heavy atom. The third kappa shape index (κ3) is 4.94. The Labute approximate surface area is 352 Å². The summed E-state index contributed by atoms with van der Waals surface area (Å²) in [5, 5.41) is 2.56. The van der Waals surface area contributed by atoms with Crippen molar-refractivity contribution in [2.24, 2.45) is 23.2 Å². The van der Waals surface area contributed by atoms with Gasteiger partial charge >= 0.3 is 0 Å². The van der Waals surface area contributed by atoms with Crippen LogP contribution in [0.15, 0.2) is 200 Å². The van der Waals surface area contributed by atoms with Crippen molar-refractivity contribution in [1.82, 2.24) is 4.57 Å². The van der Waals surface area contributed by atoms with E-state index in [9.17, 15) is 0 Å². The quantitative estimate of drug-likeness (QED) is 0.149. The van der Waals surface area contributed by atoms with Crippen LogP contribution in [0, 0.1) is 23.2 Å². The molecule has 0 unspecified atom stereocenters. The first-order valence-electron chi connectivity index (χ1n) is 22.0. The summed E-state index contributed by atoms with van der Waals surface area (Å²) in [6.45, 7) is 0. The van der Waals surface area contributed by atoms with Gasteiger partial charge < -0.3 is 9.47 Å². The first-order valence-corrected chi connectivity index (χ1v) is 22.0. The molecule has 2 atom stereocenters. The van der Waals surface area contributed by atoms with Gasteiger partial charge in [-0.05, 0) is 149 Å². The van der Waals surface area contributed by atoms with Crippen molar-refractivity contribution in [3.63, 3.8) is 0 Å². The van der Waals surface area contributed by atoms with Gasteiger partial charge in [0.15, 0.2) is 0 Å². The number of anilines is 3. The smallest absolute Gasteiger partial charge is 0.0541 e. The average Bonchev–Trinajstić information content (AvgIpc) is 3.93. The SMILES string of the molecule is c1ccc(-c2ccc(N(c3ccc(-c4ccc(-c5ccccc5-n5c6ccccc6c6ccccc65)cc4)cc3)c3cccc(C45C[C@@H]6CC7C[C@@H](C4)C76C5)c3)cc2)cc1. The van der Waals surface area contributed by atoms with Gasteiger partial charge in [-0.25, -0.2) is 0 Å². The van der Waals surface area contributed by atoms with Crippen LogP contribution < -0.4 is 4.90 Å². The van der Waals surface area contributed by atoms with Crippen molar-refractivity contribution in [2.45, 2.75) is 37.5 Å². The zero-order valence-corrected chi connectivity index (χ0v) is 33.7. The van der Waals surface area contributed by atoms with Gasteiger partial charge in [0.25, 0.3) is 0 Å². The highest BCUT2D eigenvalue weighted by molar-refractivity contribution is 6.09. The summed E-state index contributed by atoms with van der Waals surface area (Å²) in [5.74, 6) is 2.96. The molecule has 0 N–H and O–H groups in total. The van der Waals surface area contributed by atoms with Crippen LogP contribution in [-0.2, 0) is 5.41 Å². The summed E-state index contributed by atoms with van der Waals surface area (Å²) >= 11 is 0. The molecular weight excluding hydrogens is 725 g/mol. The second kappa shape index (κ2) is 12.9. The van der Waals surface area contributed by atoms with Gasteiger partial charge in [0, 0.05) is 33.4 Å². The van der Waals surface area contributed by atoms with Gasteiger partial charge in [-0.1, -0.05) is 146 Å². The molecule has 0 aliphatic heterocycles. The lowest BCUT2D eigenvalue weighted by Gasteiger charge is -2.66. The zero-order chi connectivity index (χ0) is 39.4. The molecule has 8 aromatic carbocycles. The highest BCUT2D eigenvalue weighted by Gasteiger charge is 2.77. The van der Waals surface area contributed by atoms with E-state index in [4.69, 9.17) is 0 Å². The molecule has 9 aromatic rings. The van der Waals surface area contributed by atoms with Gasteiger partial charge in [-0.2, -0.15) is 0 Å². The van der Waals surface area contributed by atoms with Crippen LogP contribution >= 0.6 is 0 Å². The van der Waals surface area contributed by atoms with Crippen LogP contribution in [0.4, 0.5) is 17.1 Å². The maximum atomic E-state index is 2.55. The molecule has 1 heterocycles. The number of para-hydroxylation sites is 3. The third-order valence-corrected chi connectivity index (χ3v) is 15.7. The Kier molecular flexibility index (Phi) is 7.38. The van der Waals surface area contributed by atoms with E-state index in [1.165, 1.54) is 110 Å². The van der Waals surface area contributed by atoms with E-state index in [2.05, 4.69) is 210 Å². The summed E-state index contributed by atoms with van der Waals surface area (Å²) < 4.78 is 2.42. The molecule has 4 fully saturated rings. The predicted molar refractivity (Wildman–Crippen MR) is 249 cm³/mol. The molecule has 2 bridgehead atoms. The maximum absolute atomic E-state index is 2.55. The Bertz CT molecular complexity index is 3010. The minimum atomic E-state index is 0.361. The zero-order valence-electron chi connectivity index (χ0n) is 33.7. The van der Waals surface area contributed by atoms with Crippen LogP contribution in [0.5, 0.6) is 0 Å². The predicted octanol–water partition coefficient (Wildman–Crippen LogP) is 15.3. The van der Waals surface area contributed by atoms with E-state index < -0.39 is 0 Å². The van der Waals surface area contributed by atoms with Gasteiger partial charge in [-0.15, -0.1) is 0 Å². The molecule has 4 aliphatic carbocycles. The van der Waals surface area contributed by atoms with Crippen LogP contribution in [0.1, 0.15) is 37.7 Å². The fraction of sp³-hybridized carbons (Fsp3) is 0.172. The number of rotatable bonds is 8. The number of benzene rings is 8. The first kappa shape index (κ1) is 34.2. The number of aromatic nitrogens is 1. The number of fused-ring (bicyclic) bond motifs is 4. The van der Waals surface area contributed by atoms with Crippen molar-refractivity contribution < 1.29 is 0 Å². The van der Waals surface area contributed by atoms with E-state index >= 15 is 0 Å². The summed E-state index contributed by atoms with van der Waals surface area (Å²) in [7, 11) is 0. The molecule has 0 saturated heterocycles. The summed E-state index contributed by atoms with van der Waals surface area (Å²) in [5.41, 5.74) is 17.2. The number of nitrogens with zero attached hydrogens (tertiary/aromatic N) is 2. The van der Waals surface area contributed by atoms with Crippen molar-refractivity contribution in [3.8, 4) is 39.1 Å². The van der Waals surface area contributed by atoms with E-state index in [1.54, 1.807) is 5.56 Å².